The van der Waals surface area contributed by atoms with Crippen molar-refractivity contribution in [1.82, 2.24) is 0 Å². The Morgan fingerprint density at radius 3 is 2.19 bits per heavy atom. The molecule has 0 N–H and O–H groups in total. The van der Waals surface area contributed by atoms with Crippen LogP contribution in [0.1, 0.15) is 33.2 Å². The highest BCUT2D eigenvalue weighted by molar-refractivity contribution is 6.36. The number of ether oxygens (including phenoxy) is 1. The molecule has 0 radical (unpaired) electrons. The number of carbonyl (C=O) groups is 2. The van der Waals surface area contributed by atoms with Gasteiger partial charge >= 0.3 is 5.97 Å². The quantitative estimate of drug-likeness (QED) is 0.241. The molecule has 0 fully saturated rings. The van der Waals surface area contributed by atoms with Crippen LogP contribution >= 0.6 is 23.2 Å². The normalized spacial score (nSPS) is 10.5. The fourth-order valence-electron chi connectivity index (χ4n) is 3.02. The van der Waals surface area contributed by atoms with Gasteiger partial charge in [0, 0.05) is 39.0 Å². The monoisotopic (exact) mass is 472 g/mol. The molecule has 0 aromatic heterocycles. The molecular formula is C23H18Cl2N2O5. The van der Waals surface area contributed by atoms with Gasteiger partial charge in [-0.15, -0.1) is 0 Å². The van der Waals surface area contributed by atoms with Crippen molar-refractivity contribution >= 4 is 46.5 Å². The highest BCUT2D eigenvalue weighted by Gasteiger charge is 2.22. The van der Waals surface area contributed by atoms with E-state index < -0.39 is 16.8 Å². The number of anilines is 1. The molecule has 0 heterocycles. The summed E-state index contributed by atoms with van der Waals surface area (Å²) in [5.41, 5.74) is 1.21. The zero-order valence-corrected chi connectivity index (χ0v) is 18.5. The summed E-state index contributed by atoms with van der Waals surface area (Å²) in [7, 11) is 0. The maximum Gasteiger partial charge on any atom is 0.338 e. The standard InChI is InChI=1S/C23H18Cl2N2O5/c1-2-32-23(29)15-9-11-17(12-10-15)26(14-19-20(24)7-4-8-21(19)25)22(28)16-5-3-6-18(13-16)27(30)31/h3-13H,2,14H2,1H3. The number of benzene rings is 3. The first-order valence-electron chi connectivity index (χ1n) is 9.58. The number of carbonyl (C=O) groups excluding carboxylic acids is 2. The van der Waals surface area contributed by atoms with Gasteiger partial charge in [-0.25, -0.2) is 4.79 Å². The molecule has 3 aromatic carbocycles. The molecule has 0 bridgehead atoms. The molecule has 164 valence electrons. The fraction of sp³-hybridized carbons (Fsp3) is 0.130. The summed E-state index contributed by atoms with van der Waals surface area (Å²) in [6.45, 7) is 1.96. The van der Waals surface area contributed by atoms with E-state index in [4.69, 9.17) is 27.9 Å². The first-order chi connectivity index (χ1) is 15.3. The van der Waals surface area contributed by atoms with Crippen molar-refractivity contribution in [1.29, 1.82) is 0 Å². The molecule has 32 heavy (non-hydrogen) atoms. The largest absolute Gasteiger partial charge is 0.462 e. The molecular weight excluding hydrogens is 455 g/mol. The van der Waals surface area contributed by atoms with Gasteiger partial charge in [-0.1, -0.05) is 35.3 Å². The van der Waals surface area contributed by atoms with E-state index in [-0.39, 0.29) is 24.4 Å². The van der Waals surface area contributed by atoms with E-state index in [2.05, 4.69) is 0 Å². The summed E-state index contributed by atoms with van der Waals surface area (Å²) in [5, 5.41) is 11.9. The first kappa shape index (κ1) is 23.2. The lowest BCUT2D eigenvalue weighted by atomic mass is 10.1. The highest BCUT2D eigenvalue weighted by atomic mass is 35.5. The van der Waals surface area contributed by atoms with Gasteiger partial charge in [-0.2, -0.15) is 0 Å². The van der Waals surface area contributed by atoms with Gasteiger partial charge in [-0.05, 0) is 49.4 Å². The van der Waals surface area contributed by atoms with Gasteiger partial charge in [0.2, 0.25) is 0 Å². The molecule has 0 atom stereocenters. The molecule has 7 nitrogen and oxygen atoms in total. The molecule has 1 amide bonds. The predicted molar refractivity (Wildman–Crippen MR) is 122 cm³/mol. The number of rotatable bonds is 7. The minimum atomic E-state index is -0.569. The van der Waals surface area contributed by atoms with Crippen molar-refractivity contribution in [3.05, 3.63) is 104 Å². The Morgan fingerprint density at radius 2 is 1.59 bits per heavy atom. The Morgan fingerprint density at radius 1 is 0.969 bits per heavy atom. The van der Waals surface area contributed by atoms with Crippen LogP contribution in [0.3, 0.4) is 0 Å². The maximum absolute atomic E-state index is 13.4. The molecule has 0 aliphatic heterocycles. The summed E-state index contributed by atoms with van der Waals surface area (Å²) in [5.74, 6) is -0.974. The number of nitro groups is 1. The Kier molecular flexibility index (Phi) is 7.45. The Labute approximate surface area is 194 Å². The number of nitro benzene ring substituents is 1. The van der Waals surface area contributed by atoms with E-state index in [1.54, 1.807) is 37.3 Å². The van der Waals surface area contributed by atoms with Gasteiger partial charge in [0.25, 0.3) is 11.6 Å². The summed E-state index contributed by atoms with van der Waals surface area (Å²) in [6, 6.07) is 16.7. The van der Waals surface area contributed by atoms with Gasteiger partial charge in [0.15, 0.2) is 0 Å². The van der Waals surface area contributed by atoms with Crippen LogP contribution in [0.15, 0.2) is 66.7 Å². The second-order valence-electron chi connectivity index (χ2n) is 6.67. The number of non-ortho nitro benzene ring substituents is 1. The van der Waals surface area contributed by atoms with Crippen LogP contribution in [0, 0.1) is 10.1 Å². The molecule has 3 aromatic rings. The van der Waals surface area contributed by atoms with E-state index >= 15 is 0 Å². The molecule has 0 saturated heterocycles. The summed E-state index contributed by atoms with van der Waals surface area (Å²) < 4.78 is 4.99. The van der Waals surface area contributed by atoms with Crippen molar-refractivity contribution in [2.45, 2.75) is 13.5 Å². The second-order valence-corrected chi connectivity index (χ2v) is 7.48. The van der Waals surface area contributed by atoms with E-state index in [9.17, 15) is 19.7 Å². The average Bonchev–Trinajstić information content (AvgIpc) is 2.79. The minimum absolute atomic E-state index is 0.0127. The smallest absolute Gasteiger partial charge is 0.338 e. The van der Waals surface area contributed by atoms with Gasteiger partial charge in [0.1, 0.15) is 0 Å². The predicted octanol–water partition coefficient (Wildman–Crippen LogP) is 5.93. The Balaban J connectivity index is 2.03. The molecule has 3 rings (SSSR count). The zero-order valence-electron chi connectivity index (χ0n) is 17.0. The number of hydrogen-bond donors (Lipinski definition) is 0. The topological polar surface area (TPSA) is 89.8 Å². The van der Waals surface area contributed by atoms with Crippen molar-refractivity contribution in [3.63, 3.8) is 0 Å². The van der Waals surface area contributed by atoms with Crippen LogP contribution in [-0.4, -0.2) is 23.4 Å². The van der Waals surface area contributed by atoms with Crippen molar-refractivity contribution in [2.24, 2.45) is 0 Å². The van der Waals surface area contributed by atoms with Crippen LogP contribution in [0.25, 0.3) is 0 Å². The fourth-order valence-corrected chi connectivity index (χ4v) is 3.54. The number of nitrogens with zero attached hydrogens (tertiary/aromatic N) is 2. The number of esters is 1. The average molecular weight is 473 g/mol. The Bertz CT molecular complexity index is 1150. The molecule has 0 aliphatic carbocycles. The summed E-state index contributed by atoms with van der Waals surface area (Å²) >= 11 is 12.6. The summed E-state index contributed by atoms with van der Waals surface area (Å²) in [6.07, 6.45) is 0. The van der Waals surface area contributed by atoms with Gasteiger partial charge < -0.3 is 9.64 Å². The number of hydrogen-bond acceptors (Lipinski definition) is 5. The van der Waals surface area contributed by atoms with Crippen LogP contribution in [-0.2, 0) is 11.3 Å². The molecule has 0 unspecified atom stereocenters. The number of amides is 1. The summed E-state index contributed by atoms with van der Waals surface area (Å²) in [4.78, 5) is 37.3. The lowest BCUT2D eigenvalue weighted by molar-refractivity contribution is -0.384. The van der Waals surface area contributed by atoms with E-state index in [1.165, 1.54) is 41.3 Å². The lowest BCUT2D eigenvalue weighted by Gasteiger charge is -2.24. The molecule has 0 saturated carbocycles. The van der Waals surface area contributed by atoms with E-state index in [0.717, 1.165) is 0 Å². The molecule has 0 aliphatic rings. The third-order valence-corrected chi connectivity index (χ3v) is 5.33. The zero-order chi connectivity index (χ0) is 23.3. The van der Waals surface area contributed by atoms with Crippen molar-refractivity contribution < 1.29 is 19.2 Å². The minimum Gasteiger partial charge on any atom is -0.462 e. The number of halogens is 2. The van der Waals surface area contributed by atoms with E-state index in [0.29, 0.717) is 26.9 Å². The van der Waals surface area contributed by atoms with Gasteiger partial charge in [-0.3, -0.25) is 14.9 Å². The van der Waals surface area contributed by atoms with Crippen LogP contribution in [0.4, 0.5) is 11.4 Å². The SMILES string of the molecule is CCOC(=O)c1ccc(N(Cc2c(Cl)cccc2Cl)C(=O)c2cccc([N+](=O)[O-])c2)cc1. The second kappa shape index (κ2) is 10.3. The lowest BCUT2D eigenvalue weighted by Crippen LogP contribution is -2.30. The third-order valence-electron chi connectivity index (χ3n) is 4.62. The van der Waals surface area contributed by atoms with Crippen molar-refractivity contribution in [2.75, 3.05) is 11.5 Å². The molecule has 9 heteroatoms. The molecule has 0 spiro atoms. The van der Waals surface area contributed by atoms with Crippen LogP contribution in [0.5, 0.6) is 0 Å². The van der Waals surface area contributed by atoms with Crippen molar-refractivity contribution in [3.8, 4) is 0 Å². The third kappa shape index (κ3) is 5.25. The van der Waals surface area contributed by atoms with Gasteiger partial charge in [0.05, 0.1) is 23.6 Å². The van der Waals surface area contributed by atoms with Crippen LogP contribution in [0.2, 0.25) is 10.0 Å². The highest BCUT2D eigenvalue weighted by Crippen LogP contribution is 2.29. The maximum atomic E-state index is 13.4. The van der Waals surface area contributed by atoms with E-state index in [1.807, 2.05) is 0 Å². The first-order valence-corrected chi connectivity index (χ1v) is 10.3. The Hall–Kier alpha value is -3.42. The van der Waals surface area contributed by atoms with Crippen LogP contribution < -0.4 is 4.90 Å².